The van der Waals surface area contributed by atoms with Crippen LogP contribution in [-0.2, 0) is 17.0 Å². The van der Waals surface area contributed by atoms with Crippen LogP contribution in [0.15, 0.2) is 17.5 Å². The second kappa shape index (κ2) is 7.59. The van der Waals surface area contributed by atoms with E-state index in [-0.39, 0.29) is 12.0 Å². The SMILES string of the molecule is CSCc1nc(CNC(=O)c2ccc(C3CCCO3)s2)cs1. The summed E-state index contributed by atoms with van der Waals surface area (Å²) in [5, 5.41) is 6.06. The van der Waals surface area contributed by atoms with E-state index in [1.165, 1.54) is 11.3 Å². The fourth-order valence-electron chi connectivity index (χ4n) is 2.33. The zero-order chi connectivity index (χ0) is 15.4. The molecule has 1 atom stereocenters. The van der Waals surface area contributed by atoms with Gasteiger partial charge in [0.25, 0.3) is 5.91 Å². The molecule has 0 spiro atoms. The third kappa shape index (κ3) is 3.90. The van der Waals surface area contributed by atoms with Gasteiger partial charge < -0.3 is 10.1 Å². The highest BCUT2D eigenvalue weighted by Gasteiger charge is 2.20. The van der Waals surface area contributed by atoms with Crippen LogP contribution in [0, 0.1) is 0 Å². The van der Waals surface area contributed by atoms with Crippen molar-refractivity contribution in [1.82, 2.24) is 10.3 Å². The first kappa shape index (κ1) is 16.0. The Morgan fingerprint density at radius 3 is 3.23 bits per heavy atom. The van der Waals surface area contributed by atoms with Crippen LogP contribution in [0.3, 0.4) is 0 Å². The van der Waals surface area contributed by atoms with Gasteiger partial charge >= 0.3 is 0 Å². The molecule has 1 saturated heterocycles. The van der Waals surface area contributed by atoms with Crippen molar-refractivity contribution < 1.29 is 9.53 Å². The summed E-state index contributed by atoms with van der Waals surface area (Å²) < 4.78 is 5.66. The highest BCUT2D eigenvalue weighted by molar-refractivity contribution is 7.97. The van der Waals surface area contributed by atoms with E-state index in [1.54, 1.807) is 23.1 Å². The quantitative estimate of drug-likeness (QED) is 0.856. The summed E-state index contributed by atoms with van der Waals surface area (Å²) in [5.41, 5.74) is 0.929. The largest absolute Gasteiger partial charge is 0.373 e. The van der Waals surface area contributed by atoms with E-state index in [9.17, 15) is 4.79 Å². The number of nitrogens with one attached hydrogen (secondary N) is 1. The molecule has 1 aliphatic heterocycles. The molecule has 0 aromatic carbocycles. The Kier molecular flexibility index (Phi) is 5.51. The lowest BCUT2D eigenvalue weighted by molar-refractivity contribution is 0.0954. The molecular weight excluding hydrogens is 336 g/mol. The van der Waals surface area contributed by atoms with Crippen LogP contribution in [0.1, 0.15) is 44.2 Å². The van der Waals surface area contributed by atoms with Crippen LogP contribution < -0.4 is 5.32 Å². The molecule has 118 valence electrons. The molecule has 0 saturated carbocycles. The Hall–Kier alpha value is -0.890. The number of ether oxygens (including phenoxy) is 1. The van der Waals surface area contributed by atoms with Gasteiger partial charge in [-0.05, 0) is 31.2 Å². The van der Waals surface area contributed by atoms with Crippen LogP contribution in [0.2, 0.25) is 0 Å². The van der Waals surface area contributed by atoms with Gasteiger partial charge in [0.05, 0.1) is 23.2 Å². The van der Waals surface area contributed by atoms with Gasteiger partial charge in [0.2, 0.25) is 0 Å². The summed E-state index contributed by atoms with van der Waals surface area (Å²) in [6.45, 7) is 1.31. The number of thiophene rings is 1. The maximum atomic E-state index is 12.2. The number of amides is 1. The van der Waals surface area contributed by atoms with Crippen molar-refractivity contribution in [2.24, 2.45) is 0 Å². The molecule has 1 N–H and O–H groups in total. The molecule has 3 rings (SSSR count). The smallest absolute Gasteiger partial charge is 0.261 e. The Balaban J connectivity index is 1.54. The number of rotatable bonds is 6. The first-order chi connectivity index (χ1) is 10.8. The van der Waals surface area contributed by atoms with Gasteiger partial charge in [0.15, 0.2) is 0 Å². The van der Waals surface area contributed by atoms with Crippen molar-refractivity contribution in [2.75, 3.05) is 12.9 Å². The van der Waals surface area contributed by atoms with Crippen molar-refractivity contribution in [3.05, 3.63) is 38.0 Å². The number of hydrogen-bond acceptors (Lipinski definition) is 6. The van der Waals surface area contributed by atoms with Gasteiger partial charge in [-0.2, -0.15) is 11.8 Å². The fraction of sp³-hybridized carbons (Fsp3) is 0.467. The van der Waals surface area contributed by atoms with Crippen LogP contribution in [0.25, 0.3) is 0 Å². The molecule has 22 heavy (non-hydrogen) atoms. The molecule has 0 bridgehead atoms. The Morgan fingerprint density at radius 2 is 2.45 bits per heavy atom. The highest BCUT2D eigenvalue weighted by Crippen LogP contribution is 2.33. The molecule has 7 heteroatoms. The number of carbonyl (C=O) groups excluding carboxylic acids is 1. The van der Waals surface area contributed by atoms with Crippen molar-refractivity contribution in [2.45, 2.75) is 31.2 Å². The molecule has 1 aliphatic rings. The average Bonchev–Trinajstić information content (AvgIpc) is 3.25. The number of aromatic nitrogens is 1. The molecule has 1 amide bonds. The van der Waals surface area contributed by atoms with Gasteiger partial charge in [-0.1, -0.05) is 0 Å². The third-order valence-corrected chi connectivity index (χ3v) is 6.21. The zero-order valence-electron chi connectivity index (χ0n) is 12.3. The summed E-state index contributed by atoms with van der Waals surface area (Å²) in [5.74, 6) is 0.891. The lowest BCUT2D eigenvalue weighted by atomic mass is 10.2. The van der Waals surface area contributed by atoms with Crippen molar-refractivity contribution in [3.8, 4) is 0 Å². The summed E-state index contributed by atoms with van der Waals surface area (Å²) in [6, 6.07) is 3.90. The Labute approximate surface area is 142 Å². The zero-order valence-corrected chi connectivity index (χ0v) is 14.8. The topological polar surface area (TPSA) is 51.2 Å². The average molecular weight is 355 g/mol. The number of carbonyl (C=O) groups is 1. The van der Waals surface area contributed by atoms with Gasteiger partial charge in [0, 0.05) is 22.6 Å². The molecule has 1 fully saturated rings. The third-order valence-electron chi connectivity index (χ3n) is 3.39. The van der Waals surface area contributed by atoms with Gasteiger partial charge in [-0.15, -0.1) is 22.7 Å². The minimum atomic E-state index is -0.0336. The predicted molar refractivity (Wildman–Crippen MR) is 92.7 cm³/mol. The molecule has 0 radical (unpaired) electrons. The van der Waals surface area contributed by atoms with E-state index in [1.807, 2.05) is 17.5 Å². The van der Waals surface area contributed by atoms with Crippen LogP contribution >= 0.6 is 34.4 Å². The molecule has 3 heterocycles. The summed E-state index contributed by atoms with van der Waals surface area (Å²) in [6.07, 6.45) is 4.40. The van der Waals surface area contributed by atoms with E-state index < -0.39 is 0 Å². The standard InChI is InChI=1S/C15H18N2O2S3/c1-20-9-14-17-10(8-21-14)7-16-15(18)13-5-4-12(22-13)11-3-2-6-19-11/h4-5,8,11H,2-3,6-7,9H2,1H3,(H,16,18). The predicted octanol–water partition coefficient (Wildman–Crippen LogP) is 3.85. The fourth-order valence-corrected chi connectivity index (χ4v) is 4.85. The molecular formula is C15H18N2O2S3. The van der Waals surface area contributed by atoms with E-state index in [0.29, 0.717) is 6.54 Å². The summed E-state index contributed by atoms with van der Waals surface area (Å²) in [7, 11) is 0. The van der Waals surface area contributed by atoms with Gasteiger partial charge in [-0.25, -0.2) is 4.98 Å². The summed E-state index contributed by atoms with van der Waals surface area (Å²) in [4.78, 5) is 18.6. The molecule has 2 aromatic rings. The highest BCUT2D eigenvalue weighted by atomic mass is 32.2. The number of thioether (sulfide) groups is 1. The van der Waals surface area contributed by atoms with Gasteiger partial charge in [0.1, 0.15) is 5.01 Å². The molecule has 0 aliphatic carbocycles. The first-order valence-corrected chi connectivity index (χ1v) is 10.3. The second-order valence-electron chi connectivity index (χ2n) is 5.05. The maximum absolute atomic E-state index is 12.2. The molecule has 2 aromatic heterocycles. The number of thiazole rings is 1. The second-order valence-corrected chi connectivity index (χ2v) is 7.98. The molecule has 4 nitrogen and oxygen atoms in total. The van der Waals surface area contributed by atoms with E-state index in [4.69, 9.17) is 4.74 Å². The Morgan fingerprint density at radius 1 is 1.55 bits per heavy atom. The maximum Gasteiger partial charge on any atom is 0.261 e. The normalized spacial score (nSPS) is 17.8. The van der Waals surface area contributed by atoms with Gasteiger partial charge in [-0.3, -0.25) is 4.79 Å². The number of hydrogen-bond donors (Lipinski definition) is 1. The van der Waals surface area contributed by atoms with Crippen LogP contribution in [0.4, 0.5) is 0 Å². The van der Waals surface area contributed by atoms with Crippen molar-refractivity contribution in [1.29, 1.82) is 0 Å². The Bertz CT molecular complexity index is 632. The van der Waals surface area contributed by atoms with E-state index in [0.717, 1.165) is 45.7 Å². The van der Waals surface area contributed by atoms with Crippen LogP contribution in [-0.4, -0.2) is 23.8 Å². The number of nitrogens with zero attached hydrogens (tertiary/aromatic N) is 1. The summed E-state index contributed by atoms with van der Waals surface area (Å²) >= 11 is 4.93. The van der Waals surface area contributed by atoms with E-state index >= 15 is 0 Å². The van der Waals surface area contributed by atoms with E-state index in [2.05, 4.69) is 16.6 Å². The minimum absolute atomic E-state index is 0.0336. The first-order valence-electron chi connectivity index (χ1n) is 7.18. The monoisotopic (exact) mass is 354 g/mol. The molecule has 1 unspecified atom stereocenters. The minimum Gasteiger partial charge on any atom is -0.373 e. The van der Waals surface area contributed by atoms with Crippen LogP contribution in [0.5, 0.6) is 0 Å². The van der Waals surface area contributed by atoms with Crippen molar-refractivity contribution >= 4 is 40.3 Å². The lowest BCUT2D eigenvalue weighted by Crippen LogP contribution is -2.21. The van der Waals surface area contributed by atoms with Crippen molar-refractivity contribution in [3.63, 3.8) is 0 Å². The lowest BCUT2D eigenvalue weighted by Gasteiger charge is -2.05.